The van der Waals surface area contributed by atoms with Gasteiger partial charge in [-0.15, -0.1) is 0 Å². The van der Waals surface area contributed by atoms with Gasteiger partial charge in [0.15, 0.2) is 0 Å². The number of carboxylic acid groups (broad SMARTS) is 1. The number of nitrogens with zero attached hydrogens (tertiary/aromatic N) is 1. The molecule has 0 aromatic heterocycles. The molecule has 0 spiro atoms. The molecule has 0 saturated carbocycles. The first kappa shape index (κ1) is 24.9. The number of nitrogens with one attached hydrogen (secondary N) is 2. The molecular formula is C28H28FN3O4. The monoisotopic (exact) mass is 489 g/mol. The lowest BCUT2D eigenvalue weighted by Gasteiger charge is -2.24. The van der Waals surface area contributed by atoms with E-state index in [4.69, 9.17) is 5.11 Å². The Hall–Kier alpha value is -4.20. The Morgan fingerprint density at radius 1 is 0.917 bits per heavy atom. The minimum absolute atomic E-state index is 0.141. The van der Waals surface area contributed by atoms with Gasteiger partial charge in [-0.25, -0.2) is 14.0 Å². The van der Waals surface area contributed by atoms with Crippen molar-refractivity contribution in [3.05, 3.63) is 83.7 Å². The van der Waals surface area contributed by atoms with E-state index in [1.165, 1.54) is 17.7 Å². The van der Waals surface area contributed by atoms with Crippen LogP contribution in [0.15, 0.2) is 66.7 Å². The number of anilines is 2. The van der Waals surface area contributed by atoms with Crippen LogP contribution in [0.4, 0.5) is 20.6 Å². The lowest BCUT2D eigenvalue weighted by Crippen LogP contribution is -2.45. The lowest BCUT2D eigenvalue weighted by molar-refractivity contribution is -0.119. The van der Waals surface area contributed by atoms with Crippen molar-refractivity contribution in [2.24, 2.45) is 0 Å². The number of carboxylic acids is 1. The molecule has 4 rings (SSSR count). The van der Waals surface area contributed by atoms with Crippen molar-refractivity contribution < 1.29 is 23.9 Å². The molecule has 186 valence electrons. The van der Waals surface area contributed by atoms with Crippen molar-refractivity contribution in [1.82, 2.24) is 4.90 Å². The smallest absolute Gasteiger partial charge is 0.335 e. The van der Waals surface area contributed by atoms with Gasteiger partial charge in [0.1, 0.15) is 11.9 Å². The number of amides is 3. The van der Waals surface area contributed by atoms with E-state index in [9.17, 15) is 18.8 Å². The molecule has 0 bridgehead atoms. The third-order valence-corrected chi connectivity index (χ3v) is 6.28. The maximum absolute atomic E-state index is 13.8. The number of hydrogen-bond donors (Lipinski definition) is 3. The average molecular weight is 490 g/mol. The van der Waals surface area contributed by atoms with Crippen LogP contribution >= 0.6 is 0 Å². The predicted molar refractivity (Wildman–Crippen MR) is 137 cm³/mol. The molecule has 3 aromatic rings. The molecule has 0 aliphatic carbocycles. The second-order valence-electron chi connectivity index (χ2n) is 9.16. The Kier molecular flexibility index (Phi) is 7.33. The van der Waals surface area contributed by atoms with Crippen LogP contribution in [0.3, 0.4) is 0 Å². The van der Waals surface area contributed by atoms with E-state index in [0.717, 1.165) is 12.5 Å². The van der Waals surface area contributed by atoms with Crippen LogP contribution in [0, 0.1) is 5.82 Å². The highest BCUT2D eigenvalue weighted by Crippen LogP contribution is 2.26. The van der Waals surface area contributed by atoms with E-state index in [1.807, 2.05) is 24.3 Å². The molecule has 0 unspecified atom stereocenters. The Morgan fingerprint density at radius 2 is 1.56 bits per heavy atom. The fraction of sp³-hybridized carbons (Fsp3) is 0.250. The topological polar surface area (TPSA) is 98.7 Å². The fourth-order valence-corrected chi connectivity index (χ4v) is 4.28. The maximum Gasteiger partial charge on any atom is 0.335 e. The second-order valence-corrected chi connectivity index (χ2v) is 9.16. The molecule has 1 saturated heterocycles. The van der Waals surface area contributed by atoms with E-state index in [2.05, 4.69) is 24.5 Å². The van der Waals surface area contributed by atoms with Crippen LogP contribution in [0.2, 0.25) is 0 Å². The number of benzene rings is 3. The predicted octanol–water partition coefficient (Wildman–Crippen LogP) is 5.95. The van der Waals surface area contributed by atoms with Gasteiger partial charge in [0.05, 0.1) is 5.56 Å². The molecule has 3 N–H and O–H groups in total. The molecule has 1 fully saturated rings. The summed E-state index contributed by atoms with van der Waals surface area (Å²) >= 11 is 0. The van der Waals surface area contributed by atoms with E-state index >= 15 is 0 Å². The molecule has 36 heavy (non-hydrogen) atoms. The van der Waals surface area contributed by atoms with E-state index in [-0.39, 0.29) is 17.5 Å². The highest BCUT2D eigenvalue weighted by atomic mass is 19.1. The first-order valence-corrected chi connectivity index (χ1v) is 11.8. The third-order valence-electron chi connectivity index (χ3n) is 6.28. The molecular weight excluding hydrogens is 461 g/mol. The van der Waals surface area contributed by atoms with Gasteiger partial charge in [0.25, 0.3) is 0 Å². The average Bonchev–Trinajstić information content (AvgIpc) is 3.35. The van der Waals surface area contributed by atoms with E-state index in [0.29, 0.717) is 41.4 Å². The summed E-state index contributed by atoms with van der Waals surface area (Å²) in [5.74, 6) is -1.74. The van der Waals surface area contributed by atoms with Crippen molar-refractivity contribution in [3.8, 4) is 11.1 Å². The first-order valence-electron chi connectivity index (χ1n) is 11.8. The van der Waals surface area contributed by atoms with E-state index in [1.54, 1.807) is 29.2 Å². The van der Waals surface area contributed by atoms with Crippen molar-refractivity contribution in [1.29, 1.82) is 0 Å². The SMILES string of the molecule is CC(C)c1ccc(NC(=O)N2CCC[C@@H]2C(=O)Nc2ccc(-c3cc(F)cc(C(=O)O)c3)cc2)cc1. The maximum atomic E-state index is 13.8. The third kappa shape index (κ3) is 5.71. The zero-order valence-electron chi connectivity index (χ0n) is 20.1. The Labute approximate surface area is 208 Å². The normalized spacial score (nSPS) is 15.1. The van der Waals surface area contributed by atoms with Crippen molar-refractivity contribution in [3.63, 3.8) is 0 Å². The summed E-state index contributed by atoms with van der Waals surface area (Å²) in [6.07, 6.45) is 1.28. The quantitative estimate of drug-likeness (QED) is 0.398. The molecule has 1 aliphatic rings. The van der Waals surface area contributed by atoms with Crippen LogP contribution in [-0.4, -0.2) is 40.5 Å². The van der Waals surface area contributed by atoms with Gasteiger partial charge < -0.3 is 20.6 Å². The van der Waals surface area contributed by atoms with Crippen LogP contribution in [0.5, 0.6) is 0 Å². The number of rotatable bonds is 6. The molecule has 3 amide bonds. The van der Waals surface area contributed by atoms with Crippen molar-refractivity contribution in [2.75, 3.05) is 17.2 Å². The van der Waals surface area contributed by atoms with Crippen LogP contribution in [-0.2, 0) is 4.79 Å². The lowest BCUT2D eigenvalue weighted by atomic mass is 10.0. The van der Waals surface area contributed by atoms with E-state index < -0.39 is 17.8 Å². The molecule has 7 nitrogen and oxygen atoms in total. The molecule has 1 atom stereocenters. The summed E-state index contributed by atoms with van der Waals surface area (Å²) in [6, 6.07) is 17.0. The van der Waals surface area contributed by atoms with Crippen molar-refractivity contribution >= 4 is 29.3 Å². The van der Waals surface area contributed by atoms with Crippen LogP contribution in [0.1, 0.15) is 48.5 Å². The Balaban J connectivity index is 1.40. The summed E-state index contributed by atoms with van der Waals surface area (Å²) < 4.78 is 13.8. The van der Waals surface area contributed by atoms with Gasteiger partial charge in [-0.2, -0.15) is 0 Å². The highest BCUT2D eigenvalue weighted by Gasteiger charge is 2.34. The molecule has 0 radical (unpaired) electrons. The summed E-state index contributed by atoms with van der Waals surface area (Å²) in [7, 11) is 0. The Bertz CT molecular complexity index is 1270. The molecule has 8 heteroatoms. The number of likely N-dealkylation sites (tertiary alicyclic amines) is 1. The van der Waals surface area contributed by atoms with Gasteiger partial charge in [-0.1, -0.05) is 38.1 Å². The van der Waals surface area contributed by atoms with Crippen molar-refractivity contribution in [2.45, 2.75) is 38.6 Å². The standard InChI is InChI=1S/C28H28FN3O4/c1-17(2)18-5-9-24(10-6-18)31-28(36)32-13-3-4-25(32)26(33)30-23-11-7-19(8-12-23)20-14-21(27(34)35)16-22(29)15-20/h5-12,14-17,25H,3-4,13H2,1-2H3,(H,30,33)(H,31,36)(H,34,35)/t25-/m1/s1. The highest BCUT2D eigenvalue weighted by molar-refractivity contribution is 5.99. The number of hydrogen-bond acceptors (Lipinski definition) is 3. The minimum atomic E-state index is -1.21. The molecule has 1 heterocycles. The summed E-state index contributed by atoms with van der Waals surface area (Å²) in [5.41, 5.74) is 3.27. The molecule has 3 aromatic carbocycles. The number of carbonyl (C=O) groups is 3. The minimum Gasteiger partial charge on any atom is -0.478 e. The fourth-order valence-electron chi connectivity index (χ4n) is 4.28. The number of carbonyl (C=O) groups excluding carboxylic acids is 2. The van der Waals surface area contributed by atoms with Crippen LogP contribution in [0.25, 0.3) is 11.1 Å². The zero-order valence-corrected chi connectivity index (χ0v) is 20.1. The largest absolute Gasteiger partial charge is 0.478 e. The summed E-state index contributed by atoms with van der Waals surface area (Å²) in [5, 5.41) is 14.9. The van der Waals surface area contributed by atoms with Gasteiger partial charge >= 0.3 is 12.0 Å². The second kappa shape index (κ2) is 10.6. The Morgan fingerprint density at radius 3 is 2.19 bits per heavy atom. The number of urea groups is 1. The first-order chi connectivity index (χ1) is 17.2. The molecule has 1 aliphatic heterocycles. The van der Waals surface area contributed by atoms with Gasteiger partial charge in [-0.3, -0.25) is 4.79 Å². The van der Waals surface area contributed by atoms with Gasteiger partial charge in [0.2, 0.25) is 5.91 Å². The number of halogens is 1. The summed E-state index contributed by atoms with van der Waals surface area (Å²) in [4.78, 5) is 38.6. The zero-order chi connectivity index (χ0) is 25.8. The van der Waals surface area contributed by atoms with Gasteiger partial charge in [-0.05, 0) is 77.9 Å². The summed E-state index contributed by atoms with van der Waals surface area (Å²) in [6.45, 7) is 4.69. The number of aromatic carboxylic acids is 1. The van der Waals surface area contributed by atoms with Crippen LogP contribution < -0.4 is 10.6 Å². The van der Waals surface area contributed by atoms with Gasteiger partial charge in [0, 0.05) is 17.9 Å².